The van der Waals surface area contributed by atoms with E-state index in [4.69, 9.17) is 4.74 Å². The lowest BCUT2D eigenvalue weighted by Crippen LogP contribution is -2.44. The van der Waals surface area contributed by atoms with Gasteiger partial charge in [0.15, 0.2) is 0 Å². The molecule has 1 aliphatic heterocycles. The second-order valence-electron chi connectivity index (χ2n) is 5.56. The highest BCUT2D eigenvalue weighted by molar-refractivity contribution is 5.95. The van der Waals surface area contributed by atoms with Crippen LogP contribution < -0.4 is 0 Å². The van der Waals surface area contributed by atoms with Crippen LogP contribution >= 0.6 is 0 Å². The second-order valence-corrected chi connectivity index (χ2v) is 5.56. The van der Waals surface area contributed by atoms with Crippen molar-refractivity contribution < 1.29 is 18.3 Å². The molecule has 0 radical (unpaired) electrons. The zero-order valence-corrected chi connectivity index (χ0v) is 12.9. The molecule has 7 heteroatoms. The zero-order valence-electron chi connectivity index (χ0n) is 12.9. The Kier molecular flexibility index (Phi) is 4.12. The van der Waals surface area contributed by atoms with Crippen LogP contribution in [0, 0.1) is 25.5 Å². The Morgan fingerprint density at radius 2 is 2.17 bits per heavy atom. The molecule has 1 N–H and O–H groups in total. The molecule has 1 amide bonds. The lowest BCUT2D eigenvalue weighted by molar-refractivity contribution is -0.00327. The first kappa shape index (κ1) is 15.6. The number of carbonyl (C=O) groups excluding carboxylic acids is 1. The van der Waals surface area contributed by atoms with E-state index < -0.39 is 17.5 Å². The van der Waals surface area contributed by atoms with Gasteiger partial charge in [-0.1, -0.05) is 0 Å². The third kappa shape index (κ3) is 2.84. The molecule has 1 unspecified atom stereocenters. The van der Waals surface area contributed by atoms with Gasteiger partial charge in [-0.2, -0.15) is 5.10 Å². The number of morpholine rings is 1. The van der Waals surface area contributed by atoms with Crippen LogP contribution in [0.4, 0.5) is 8.78 Å². The number of amides is 1. The fourth-order valence-electron chi connectivity index (χ4n) is 2.95. The normalized spacial score (nSPS) is 18.3. The van der Waals surface area contributed by atoms with Crippen LogP contribution in [-0.4, -0.2) is 40.8 Å². The molecule has 1 fully saturated rings. The van der Waals surface area contributed by atoms with Crippen molar-refractivity contribution in [3.63, 3.8) is 0 Å². The Balaban J connectivity index is 1.99. The molecule has 122 valence electrons. The Labute approximate surface area is 132 Å². The molecule has 1 aromatic carbocycles. The molecular weight excluding hydrogens is 304 g/mol. The molecule has 0 spiro atoms. The molecular formula is C16H17F2N3O2. The molecule has 1 atom stereocenters. The number of H-pyrrole nitrogens is 1. The predicted molar refractivity (Wildman–Crippen MR) is 79.0 cm³/mol. The maximum absolute atomic E-state index is 13.9. The molecule has 0 bridgehead atoms. The Morgan fingerprint density at radius 1 is 1.39 bits per heavy atom. The summed E-state index contributed by atoms with van der Waals surface area (Å²) in [6, 6.07) is 2.51. The molecule has 0 aliphatic carbocycles. The summed E-state index contributed by atoms with van der Waals surface area (Å²) in [4.78, 5) is 14.3. The first-order valence-corrected chi connectivity index (χ1v) is 7.34. The third-order valence-corrected chi connectivity index (χ3v) is 4.07. The number of benzene rings is 1. The van der Waals surface area contributed by atoms with E-state index in [2.05, 4.69) is 10.2 Å². The van der Waals surface area contributed by atoms with Gasteiger partial charge in [-0.15, -0.1) is 0 Å². The summed E-state index contributed by atoms with van der Waals surface area (Å²) in [5.74, 6) is -1.92. The molecule has 2 heterocycles. The number of nitrogens with one attached hydrogen (secondary N) is 1. The van der Waals surface area contributed by atoms with Gasteiger partial charge in [-0.25, -0.2) is 8.78 Å². The SMILES string of the molecule is Cc1n[nH]c(C)c1C1COCCN1C(=O)c1cc(F)ccc1F. The van der Waals surface area contributed by atoms with Gasteiger partial charge in [0.2, 0.25) is 0 Å². The van der Waals surface area contributed by atoms with Crippen molar-refractivity contribution in [2.45, 2.75) is 19.9 Å². The van der Waals surface area contributed by atoms with Gasteiger partial charge in [0.05, 0.1) is 30.5 Å². The van der Waals surface area contributed by atoms with E-state index in [-0.39, 0.29) is 11.6 Å². The number of nitrogens with zero attached hydrogens (tertiary/aromatic N) is 2. The summed E-state index contributed by atoms with van der Waals surface area (Å²) in [6.07, 6.45) is 0. The van der Waals surface area contributed by atoms with Crippen molar-refractivity contribution in [1.29, 1.82) is 0 Å². The van der Waals surface area contributed by atoms with E-state index in [9.17, 15) is 13.6 Å². The monoisotopic (exact) mass is 321 g/mol. The van der Waals surface area contributed by atoms with E-state index in [1.807, 2.05) is 13.8 Å². The number of aromatic amines is 1. The standard InChI is InChI=1S/C16H17F2N3O2/c1-9-15(10(2)20-19-9)14-8-23-6-5-21(14)16(22)12-7-11(17)3-4-13(12)18/h3-4,7,14H,5-6,8H2,1-2H3,(H,19,20). The summed E-state index contributed by atoms with van der Waals surface area (Å²) < 4.78 is 32.8. The van der Waals surface area contributed by atoms with Gasteiger partial charge in [0.25, 0.3) is 5.91 Å². The Bertz CT molecular complexity index is 725. The van der Waals surface area contributed by atoms with E-state index in [1.54, 1.807) is 0 Å². The number of aromatic nitrogens is 2. The predicted octanol–water partition coefficient (Wildman–Crippen LogP) is 2.52. The van der Waals surface area contributed by atoms with Crippen LogP contribution in [0.2, 0.25) is 0 Å². The first-order valence-electron chi connectivity index (χ1n) is 7.34. The number of halogens is 2. The van der Waals surface area contributed by atoms with Crippen molar-refractivity contribution >= 4 is 5.91 Å². The lowest BCUT2D eigenvalue weighted by Gasteiger charge is -2.36. The summed E-state index contributed by atoms with van der Waals surface area (Å²) in [5.41, 5.74) is 2.18. The van der Waals surface area contributed by atoms with Gasteiger partial charge >= 0.3 is 0 Å². The highest BCUT2D eigenvalue weighted by Crippen LogP contribution is 2.30. The van der Waals surface area contributed by atoms with Crippen molar-refractivity contribution in [2.24, 2.45) is 0 Å². The van der Waals surface area contributed by atoms with Crippen LogP contribution in [0.15, 0.2) is 18.2 Å². The van der Waals surface area contributed by atoms with Gasteiger partial charge in [-0.3, -0.25) is 9.89 Å². The van der Waals surface area contributed by atoms with Crippen molar-refractivity contribution in [1.82, 2.24) is 15.1 Å². The van der Waals surface area contributed by atoms with Gasteiger partial charge in [0, 0.05) is 17.8 Å². The average Bonchev–Trinajstić information content (AvgIpc) is 2.88. The topological polar surface area (TPSA) is 58.2 Å². The van der Waals surface area contributed by atoms with Gasteiger partial charge in [-0.05, 0) is 32.0 Å². The van der Waals surface area contributed by atoms with Gasteiger partial charge < -0.3 is 9.64 Å². The van der Waals surface area contributed by atoms with Crippen molar-refractivity contribution in [3.8, 4) is 0 Å². The quantitative estimate of drug-likeness (QED) is 0.925. The molecule has 5 nitrogen and oxygen atoms in total. The maximum Gasteiger partial charge on any atom is 0.257 e. The Hall–Kier alpha value is -2.28. The third-order valence-electron chi connectivity index (χ3n) is 4.07. The minimum atomic E-state index is -0.734. The minimum Gasteiger partial charge on any atom is -0.377 e. The number of aryl methyl sites for hydroxylation is 2. The van der Waals surface area contributed by atoms with E-state index in [0.717, 1.165) is 35.2 Å². The summed E-state index contributed by atoms with van der Waals surface area (Å²) >= 11 is 0. The average molecular weight is 321 g/mol. The molecule has 1 aromatic heterocycles. The fourth-order valence-corrected chi connectivity index (χ4v) is 2.95. The summed E-state index contributed by atoms with van der Waals surface area (Å²) in [5, 5.41) is 7.01. The largest absolute Gasteiger partial charge is 0.377 e. The molecule has 1 saturated heterocycles. The summed E-state index contributed by atoms with van der Waals surface area (Å²) in [6.45, 7) is 4.65. The number of rotatable bonds is 2. The molecule has 2 aromatic rings. The molecule has 0 saturated carbocycles. The van der Waals surface area contributed by atoms with Crippen molar-refractivity contribution in [3.05, 3.63) is 52.3 Å². The maximum atomic E-state index is 13.9. The lowest BCUT2D eigenvalue weighted by atomic mass is 10.0. The van der Waals surface area contributed by atoms with Crippen molar-refractivity contribution in [2.75, 3.05) is 19.8 Å². The number of hydrogen-bond donors (Lipinski definition) is 1. The van der Waals surface area contributed by atoms with E-state index in [1.165, 1.54) is 4.90 Å². The van der Waals surface area contributed by atoms with Crippen LogP contribution in [-0.2, 0) is 4.74 Å². The molecule has 23 heavy (non-hydrogen) atoms. The molecule has 3 rings (SSSR count). The van der Waals surface area contributed by atoms with Gasteiger partial charge in [0.1, 0.15) is 11.6 Å². The van der Waals surface area contributed by atoms with E-state index >= 15 is 0 Å². The number of ether oxygens (including phenoxy) is 1. The molecule has 1 aliphatic rings. The zero-order chi connectivity index (χ0) is 16.6. The van der Waals surface area contributed by atoms with Crippen LogP contribution in [0.3, 0.4) is 0 Å². The highest BCUT2D eigenvalue weighted by Gasteiger charge is 2.33. The fraction of sp³-hybridized carbons (Fsp3) is 0.375. The summed E-state index contributed by atoms with van der Waals surface area (Å²) in [7, 11) is 0. The number of carbonyl (C=O) groups is 1. The van der Waals surface area contributed by atoms with E-state index in [0.29, 0.717) is 19.8 Å². The smallest absolute Gasteiger partial charge is 0.257 e. The minimum absolute atomic E-state index is 0.268. The second kappa shape index (κ2) is 6.08. The first-order chi connectivity index (χ1) is 11.0. The highest BCUT2D eigenvalue weighted by atomic mass is 19.1. The van der Waals surface area contributed by atoms with Crippen LogP contribution in [0.1, 0.15) is 33.4 Å². The van der Waals surface area contributed by atoms with Crippen LogP contribution in [0.5, 0.6) is 0 Å². The number of hydrogen-bond acceptors (Lipinski definition) is 3. The van der Waals surface area contributed by atoms with Crippen LogP contribution in [0.25, 0.3) is 0 Å². The Morgan fingerprint density at radius 3 is 2.87 bits per heavy atom.